The Morgan fingerprint density at radius 3 is 2.45 bits per heavy atom. The van der Waals surface area contributed by atoms with Crippen LogP contribution in [0.4, 0.5) is 14.5 Å². The standard InChI is InChI=1S/C25H29F2NO3/c1-2-31-25(30)9-5-3-4-8-24(29)28-16-6-7-21(18-10-12-19(26)13-11-18)22-15-14-20(27)17-23(22)28/h10-15,17,21H,2-9,16H2,1H3. The van der Waals surface area contributed by atoms with Crippen molar-refractivity contribution in [2.24, 2.45) is 0 Å². The van der Waals surface area contributed by atoms with E-state index >= 15 is 0 Å². The molecule has 1 amide bonds. The molecule has 3 rings (SSSR count). The van der Waals surface area contributed by atoms with Gasteiger partial charge in [0.25, 0.3) is 0 Å². The maximum atomic E-state index is 14.1. The van der Waals surface area contributed by atoms with E-state index in [-0.39, 0.29) is 29.4 Å². The van der Waals surface area contributed by atoms with Crippen LogP contribution in [0.15, 0.2) is 42.5 Å². The second-order valence-corrected chi connectivity index (χ2v) is 7.86. The van der Waals surface area contributed by atoms with E-state index in [1.54, 1.807) is 30.0 Å². The molecule has 0 spiro atoms. The lowest BCUT2D eigenvalue weighted by Gasteiger charge is -2.24. The summed E-state index contributed by atoms with van der Waals surface area (Å²) in [4.78, 5) is 26.1. The Balaban J connectivity index is 1.70. The number of amides is 1. The Labute approximate surface area is 182 Å². The van der Waals surface area contributed by atoms with E-state index in [0.29, 0.717) is 44.5 Å². The minimum Gasteiger partial charge on any atom is -0.466 e. The average molecular weight is 430 g/mol. The van der Waals surface area contributed by atoms with Gasteiger partial charge in [-0.15, -0.1) is 0 Å². The highest BCUT2D eigenvalue weighted by molar-refractivity contribution is 5.94. The number of anilines is 1. The van der Waals surface area contributed by atoms with Gasteiger partial charge >= 0.3 is 5.97 Å². The van der Waals surface area contributed by atoms with Gasteiger partial charge in [-0.25, -0.2) is 8.78 Å². The number of rotatable bonds is 8. The molecule has 0 N–H and O–H groups in total. The molecule has 2 aromatic carbocycles. The molecule has 2 aromatic rings. The van der Waals surface area contributed by atoms with Crippen molar-refractivity contribution in [3.8, 4) is 0 Å². The van der Waals surface area contributed by atoms with Crippen LogP contribution in [0.5, 0.6) is 0 Å². The monoisotopic (exact) mass is 429 g/mol. The van der Waals surface area contributed by atoms with Crippen LogP contribution in [0.25, 0.3) is 0 Å². The molecule has 1 aliphatic heterocycles. The van der Waals surface area contributed by atoms with Crippen molar-refractivity contribution < 1.29 is 23.1 Å². The number of benzene rings is 2. The van der Waals surface area contributed by atoms with Gasteiger partial charge in [0, 0.05) is 25.3 Å². The van der Waals surface area contributed by atoms with Crippen LogP contribution in [0, 0.1) is 11.6 Å². The van der Waals surface area contributed by atoms with Crippen LogP contribution in [0.1, 0.15) is 68.9 Å². The third kappa shape index (κ3) is 6.12. The first-order chi connectivity index (χ1) is 15.0. The molecule has 0 radical (unpaired) electrons. The lowest BCUT2D eigenvalue weighted by molar-refractivity contribution is -0.143. The van der Waals surface area contributed by atoms with Gasteiger partial charge in [0.15, 0.2) is 0 Å². The van der Waals surface area contributed by atoms with Crippen LogP contribution in [0.2, 0.25) is 0 Å². The van der Waals surface area contributed by atoms with Crippen molar-refractivity contribution in [3.05, 3.63) is 65.2 Å². The number of carbonyl (C=O) groups is 2. The lowest BCUT2D eigenvalue weighted by atomic mass is 9.87. The average Bonchev–Trinajstić information content (AvgIpc) is 2.93. The number of hydrogen-bond donors (Lipinski definition) is 0. The van der Waals surface area contributed by atoms with Gasteiger partial charge in [-0.1, -0.05) is 24.6 Å². The number of hydrogen-bond acceptors (Lipinski definition) is 3. The smallest absolute Gasteiger partial charge is 0.305 e. The van der Waals surface area contributed by atoms with Crippen molar-refractivity contribution >= 4 is 17.6 Å². The molecule has 31 heavy (non-hydrogen) atoms. The van der Waals surface area contributed by atoms with E-state index in [1.807, 2.05) is 0 Å². The van der Waals surface area contributed by atoms with E-state index in [1.165, 1.54) is 24.3 Å². The normalized spacial score (nSPS) is 15.8. The molecule has 0 fully saturated rings. The van der Waals surface area contributed by atoms with Crippen LogP contribution in [-0.2, 0) is 14.3 Å². The highest BCUT2D eigenvalue weighted by Gasteiger charge is 2.27. The molecule has 4 nitrogen and oxygen atoms in total. The minimum atomic E-state index is -0.384. The number of fused-ring (bicyclic) bond motifs is 1. The molecule has 1 atom stereocenters. The number of halogens is 2. The number of carbonyl (C=O) groups excluding carboxylic acids is 2. The number of esters is 1. The Hall–Kier alpha value is -2.76. The fourth-order valence-electron chi connectivity index (χ4n) is 4.17. The highest BCUT2D eigenvalue weighted by Crippen LogP contribution is 2.39. The summed E-state index contributed by atoms with van der Waals surface area (Å²) in [7, 11) is 0. The van der Waals surface area contributed by atoms with Gasteiger partial charge in [-0.3, -0.25) is 9.59 Å². The summed E-state index contributed by atoms with van der Waals surface area (Å²) in [6.07, 6.45) is 4.39. The first kappa shape index (κ1) is 22.9. The molecule has 1 unspecified atom stereocenters. The van der Waals surface area contributed by atoms with Gasteiger partial charge in [-0.2, -0.15) is 0 Å². The van der Waals surface area contributed by atoms with Crippen LogP contribution >= 0.6 is 0 Å². The highest BCUT2D eigenvalue weighted by atomic mass is 19.1. The fraction of sp³-hybridized carbons (Fsp3) is 0.440. The zero-order valence-corrected chi connectivity index (χ0v) is 17.9. The molecular weight excluding hydrogens is 400 g/mol. The van der Waals surface area contributed by atoms with Crippen molar-refractivity contribution in [2.45, 2.75) is 57.8 Å². The number of ether oxygens (including phenoxy) is 1. The predicted molar refractivity (Wildman–Crippen MR) is 116 cm³/mol. The van der Waals surface area contributed by atoms with Crippen molar-refractivity contribution in [1.82, 2.24) is 0 Å². The van der Waals surface area contributed by atoms with Crippen LogP contribution < -0.4 is 4.90 Å². The zero-order chi connectivity index (χ0) is 22.2. The predicted octanol–water partition coefficient (Wildman–Crippen LogP) is 5.74. The molecule has 1 heterocycles. The minimum absolute atomic E-state index is 0.0152. The van der Waals surface area contributed by atoms with Crippen LogP contribution in [0.3, 0.4) is 0 Å². The van der Waals surface area contributed by atoms with Gasteiger partial charge in [0.05, 0.1) is 12.3 Å². The first-order valence-electron chi connectivity index (χ1n) is 11.0. The maximum Gasteiger partial charge on any atom is 0.305 e. The summed E-state index contributed by atoms with van der Waals surface area (Å²) < 4.78 is 32.4. The van der Waals surface area contributed by atoms with Crippen molar-refractivity contribution in [1.29, 1.82) is 0 Å². The second-order valence-electron chi connectivity index (χ2n) is 7.86. The van der Waals surface area contributed by atoms with Gasteiger partial charge in [0.1, 0.15) is 11.6 Å². The van der Waals surface area contributed by atoms with E-state index in [9.17, 15) is 18.4 Å². The zero-order valence-electron chi connectivity index (χ0n) is 17.9. The molecule has 0 saturated heterocycles. The Morgan fingerprint density at radius 2 is 1.71 bits per heavy atom. The maximum absolute atomic E-state index is 14.1. The van der Waals surface area contributed by atoms with Crippen molar-refractivity contribution in [2.75, 3.05) is 18.1 Å². The summed E-state index contributed by atoms with van der Waals surface area (Å²) in [5.74, 6) is -0.943. The fourth-order valence-corrected chi connectivity index (χ4v) is 4.17. The third-order valence-electron chi connectivity index (χ3n) is 5.68. The molecular formula is C25H29F2NO3. The summed E-state index contributed by atoms with van der Waals surface area (Å²) in [6, 6.07) is 11.0. The first-order valence-corrected chi connectivity index (χ1v) is 11.0. The SMILES string of the molecule is CCOC(=O)CCCCCC(=O)N1CCCC(c2ccc(F)cc2)c2ccc(F)cc21. The topological polar surface area (TPSA) is 46.6 Å². The lowest BCUT2D eigenvalue weighted by Crippen LogP contribution is -2.31. The van der Waals surface area contributed by atoms with Crippen LogP contribution in [-0.4, -0.2) is 25.0 Å². The molecule has 1 aliphatic rings. The Morgan fingerprint density at radius 1 is 1.00 bits per heavy atom. The quantitative estimate of drug-likeness (QED) is 0.397. The van der Waals surface area contributed by atoms with Gasteiger partial charge in [0.2, 0.25) is 5.91 Å². The van der Waals surface area contributed by atoms with Gasteiger partial charge in [-0.05, 0) is 68.0 Å². The third-order valence-corrected chi connectivity index (χ3v) is 5.68. The summed E-state index contributed by atoms with van der Waals surface area (Å²) in [6.45, 7) is 2.68. The van der Waals surface area contributed by atoms with E-state index in [0.717, 1.165) is 30.4 Å². The van der Waals surface area contributed by atoms with E-state index in [4.69, 9.17) is 4.74 Å². The number of nitrogens with zero attached hydrogens (tertiary/aromatic N) is 1. The largest absolute Gasteiger partial charge is 0.466 e. The van der Waals surface area contributed by atoms with E-state index in [2.05, 4.69) is 0 Å². The van der Waals surface area contributed by atoms with Crippen molar-refractivity contribution in [3.63, 3.8) is 0 Å². The second kappa shape index (κ2) is 11.0. The molecule has 0 aromatic heterocycles. The summed E-state index contributed by atoms with van der Waals surface area (Å²) in [5, 5.41) is 0. The Bertz CT molecular complexity index is 898. The molecule has 0 bridgehead atoms. The molecule has 0 aliphatic carbocycles. The summed E-state index contributed by atoms with van der Waals surface area (Å²) >= 11 is 0. The van der Waals surface area contributed by atoms with E-state index < -0.39 is 0 Å². The molecule has 166 valence electrons. The Kier molecular flexibility index (Phi) is 8.15. The van der Waals surface area contributed by atoms with Gasteiger partial charge < -0.3 is 9.64 Å². The summed E-state index contributed by atoms with van der Waals surface area (Å²) in [5.41, 5.74) is 2.45. The molecule has 0 saturated carbocycles. The number of unbranched alkanes of at least 4 members (excludes halogenated alkanes) is 2. The molecule has 6 heteroatoms.